The maximum Gasteiger partial charge on any atom is 0.115 e. The van der Waals surface area contributed by atoms with Gasteiger partial charge in [-0.15, -0.1) is 0 Å². The van der Waals surface area contributed by atoms with Crippen LogP contribution < -0.4 is 5.73 Å². The average molecular weight is 269 g/mol. The summed E-state index contributed by atoms with van der Waals surface area (Å²) in [6.07, 6.45) is 3.36. The molecular formula is C17H23N3. The number of nitrogens with two attached hydrogens (primary N) is 1. The summed E-state index contributed by atoms with van der Waals surface area (Å²) in [4.78, 5) is 8.35. The Morgan fingerprint density at radius 2 is 1.95 bits per heavy atom. The van der Waals surface area contributed by atoms with E-state index in [0.29, 0.717) is 6.54 Å². The summed E-state index contributed by atoms with van der Waals surface area (Å²) in [6, 6.07) is 8.60. The summed E-state index contributed by atoms with van der Waals surface area (Å²) >= 11 is 0. The zero-order valence-electron chi connectivity index (χ0n) is 12.7. The van der Waals surface area contributed by atoms with Gasteiger partial charge in [0.05, 0.1) is 5.69 Å². The van der Waals surface area contributed by atoms with E-state index in [0.717, 1.165) is 5.69 Å². The summed E-state index contributed by atoms with van der Waals surface area (Å²) in [5.41, 5.74) is 11.0. The Morgan fingerprint density at radius 1 is 1.20 bits per heavy atom. The number of aromatic nitrogens is 2. The third kappa shape index (κ3) is 3.05. The minimum atomic E-state index is 0.125. The van der Waals surface area contributed by atoms with Crippen molar-refractivity contribution in [1.82, 2.24) is 9.97 Å². The number of hydrogen-bond donors (Lipinski definition) is 1. The molecule has 3 heteroatoms. The molecule has 0 aliphatic rings. The first-order valence-electron chi connectivity index (χ1n) is 7.00. The van der Waals surface area contributed by atoms with Crippen LogP contribution in [0.15, 0.2) is 36.8 Å². The monoisotopic (exact) mass is 269 g/mol. The van der Waals surface area contributed by atoms with Gasteiger partial charge < -0.3 is 5.73 Å². The zero-order valence-corrected chi connectivity index (χ0v) is 12.7. The third-order valence-corrected chi connectivity index (χ3v) is 3.72. The minimum absolute atomic E-state index is 0.125. The molecule has 0 amide bonds. The van der Waals surface area contributed by atoms with Crippen molar-refractivity contribution in [3.8, 4) is 0 Å². The lowest BCUT2D eigenvalue weighted by Gasteiger charge is -2.23. The van der Waals surface area contributed by atoms with Crippen LogP contribution in [0.5, 0.6) is 0 Å². The minimum Gasteiger partial charge on any atom is -0.329 e. The van der Waals surface area contributed by atoms with Gasteiger partial charge in [0.1, 0.15) is 6.33 Å². The van der Waals surface area contributed by atoms with Crippen LogP contribution in [0.25, 0.3) is 0 Å². The summed E-state index contributed by atoms with van der Waals surface area (Å²) < 4.78 is 0. The lowest BCUT2D eigenvalue weighted by molar-refractivity contribution is 0.588. The molecule has 1 unspecified atom stereocenters. The van der Waals surface area contributed by atoms with Crippen LogP contribution in [0.2, 0.25) is 0 Å². The van der Waals surface area contributed by atoms with Gasteiger partial charge >= 0.3 is 0 Å². The maximum atomic E-state index is 6.00. The van der Waals surface area contributed by atoms with Gasteiger partial charge in [0, 0.05) is 18.7 Å². The van der Waals surface area contributed by atoms with Crippen molar-refractivity contribution in [3.63, 3.8) is 0 Å². The van der Waals surface area contributed by atoms with Crippen LogP contribution >= 0.6 is 0 Å². The molecule has 0 bridgehead atoms. The van der Waals surface area contributed by atoms with Gasteiger partial charge in [-0.25, -0.2) is 9.97 Å². The van der Waals surface area contributed by atoms with E-state index < -0.39 is 0 Å². The predicted molar refractivity (Wildman–Crippen MR) is 82.8 cm³/mol. The molecule has 106 valence electrons. The fraction of sp³-hybridized carbons (Fsp3) is 0.412. The highest BCUT2D eigenvalue weighted by molar-refractivity contribution is 5.40. The van der Waals surface area contributed by atoms with Gasteiger partial charge in [0.25, 0.3) is 0 Å². The molecule has 0 spiro atoms. The van der Waals surface area contributed by atoms with E-state index in [4.69, 9.17) is 5.73 Å². The Balaban J connectivity index is 2.50. The second-order valence-corrected chi connectivity index (χ2v) is 6.24. The van der Waals surface area contributed by atoms with Crippen molar-refractivity contribution >= 4 is 0 Å². The van der Waals surface area contributed by atoms with Crippen LogP contribution in [-0.2, 0) is 5.41 Å². The molecule has 2 rings (SSSR count). The highest BCUT2D eigenvalue weighted by Crippen LogP contribution is 2.30. The quantitative estimate of drug-likeness (QED) is 0.931. The van der Waals surface area contributed by atoms with Crippen LogP contribution in [0.1, 0.15) is 49.1 Å². The van der Waals surface area contributed by atoms with Gasteiger partial charge in [-0.05, 0) is 35.1 Å². The summed E-state index contributed by atoms with van der Waals surface area (Å²) in [6.45, 7) is 9.35. The van der Waals surface area contributed by atoms with E-state index in [-0.39, 0.29) is 11.3 Å². The predicted octanol–water partition coefficient (Wildman–Crippen LogP) is 3.17. The lowest BCUT2D eigenvalue weighted by Crippen LogP contribution is -2.18. The number of benzene rings is 1. The SMILES string of the molecule is Cc1ccc(C(C)(C)C)cc1C(CN)c1ccncn1. The maximum absolute atomic E-state index is 6.00. The number of nitrogens with zero attached hydrogens (tertiary/aromatic N) is 2. The normalized spacial score (nSPS) is 13.2. The summed E-state index contributed by atoms with van der Waals surface area (Å²) in [5.74, 6) is 0.125. The first-order valence-corrected chi connectivity index (χ1v) is 7.00. The Hall–Kier alpha value is -1.74. The summed E-state index contributed by atoms with van der Waals surface area (Å²) in [5, 5.41) is 0. The number of aryl methyl sites for hydroxylation is 1. The lowest BCUT2D eigenvalue weighted by atomic mass is 9.82. The van der Waals surface area contributed by atoms with Crippen molar-refractivity contribution in [1.29, 1.82) is 0 Å². The van der Waals surface area contributed by atoms with Crippen molar-refractivity contribution in [2.45, 2.75) is 39.0 Å². The van der Waals surface area contributed by atoms with E-state index in [1.165, 1.54) is 16.7 Å². The number of hydrogen-bond acceptors (Lipinski definition) is 3. The van der Waals surface area contributed by atoms with Crippen molar-refractivity contribution in [3.05, 3.63) is 59.2 Å². The highest BCUT2D eigenvalue weighted by atomic mass is 14.8. The van der Waals surface area contributed by atoms with Gasteiger partial charge in [-0.3, -0.25) is 0 Å². The smallest absolute Gasteiger partial charge is 0.115 e. The van der Waals surface area contributed by atoms with Crippen molar-refractivity contribution < 1.29 is 0 Å². The van der Waals surface area contributed by atoms with E-state index in [1.807, 2.05) is 6.07 Å². The second kappa shape index (κ2) is 5.71. The molecule has 1 atom stereocenters. The molecule has 1 aromatic heterocycles. The molecule has 0 fully saturated rings. The zero-order chi connectivity index (χ0) is 14.8. The largest absolute Gasteiger partial charge is 0.329 e. The number of rotatable bonds is 3. The van der Waals surface area contributed by atoms with E-state index >= 15 is 0 Å². The molecular weight excluding hydrogens is 246 g/mol. The van der Waals surface area contributed by atoms with Crippen molar-refractivity contribution in [2.24, 2.45) is 5.73 Å². The Labute approximate surface area is 121 Å². The molecule has 0 aliphatic heterocycles. The topological polar surface area (TPSA) is 51.8 Å². The van der Waals surface area contributed by atoms with Gasteiger partial charge in [0.15, 0.2) is 0 Å². The molecule has 2 N–H and O–H groups in total. The first kappa shape index (κ1) is 14.7. The molecule has 20 heavy (non-hydrogen) atoms. The average Bonchev–Trinajstić information content (AvgIpc) is 2.41. The van der Waals surface area contributed by atoms with E-state index in [1.54, 1.807) is 12.5 Å². The Morgan fingerprint density at radius 3 is 2.50 bits per heavy atom. The molecule has 2 aromatic rings. The Kier molecular flexibility index (Phi) is 4.19. The van der Waals surface area contributed by atoms with Gasteiger partial charge in [-0.2, -0.15) is 0 Å². The molecule has 0 saturated carbocycles. The van der Waals surface area contributed by atoms with E-state index in [9.17, 15) is 0 Å². The van der Waals surface area contributed by atoms with E-state index in [2.05, 4.69) is 55.9 Å². The highest BCUT2D eigenvalue weighted by Gasteiger charge is 2.20. The van der Waals surface area contributed by atoms with Crippen LogP contribution in [-0.4, -0.2) is 16.5 Å². The fourth-order valence-electron chi connectivity index (χ4n) is 2.40. The summed E-state index contributed by atoms with van der Waals surface area (Å²) in [7, 11) is 0. The first-order chi connectivity index (χ1) is 9.43. The molecule has 1 heterocycles. The second-order valence-electron chi connectivity index (χ2n) is 6.24. The molecule has 0 aliphatic carbocycles. The van der Waals surface area contributed by atoms with Crippen LogP contribution in [0, 0.1) is 6.92 Å². The van der Waals surface area contributed by atoms with Gasteiger partial charge in [-0.1, -0.05) is 39.0 Å². The molecule has 0 saturated heterocycles. The molecule has 1 aromatic carbocycles. The van der Waals surface area contributed by atoms with Crippen molar-refractivity contribution in [2.75, 3.05) is 6.54 Å². The van der Waals surface area contributed by atoms with Gasteiger partial charge in [0.2, 0.25) is 0 Å². The van der Waals surface area contributed by atoms with Crippen LogP contribution in [0.4, 0.5) is 0 Å². The molecule has 3 nitrogen and oxygen atoms in total. The molecule has 0 radical (unpaired) electrons. The fourth-order valence-corrected chi connectivity index (χ4v) is 2.40. The third-order valence-electron chi connectivity index (χ3n) is 3.72. The van der Waals surface area contributed by atoms with Crippen LogP contribution in [0.3, 0.4) is 0 Å². The Bertz CT molecular complexity index is 571. The standard InChI is InChI=1S/C17H23N3/c1-12-5-6-13(17(2,3)4)9-14(12)15(10-18)16-7-8-19-11-20-16/h5-9,11,15H,10,18H2,1-4H3.